The van der Waals surface area contributed by atoms with E-state index >= 15 is 0 Å². The van der Waals surface area contributed by atoms with Gasteiger partial charge in [-0.3, -0.25) is 0 Å². The first-order valence-corrected chi connectivity index (χ1v) is 0. The van der Waals surface area contributed by atoms with E-state index in [2.05, 4.69) is 0 Å². The van der Waals surface area contributed by atoms with Gasteiger partial charge in [-0.05, 0) is 0 Å². The van der Waals surface area contributed by atoms with E-state index in [1.54, 1.807) is 0 Å². The molecule has 0 aromatic rings. The van der Waals surface area contributed by atoms with Crippen LogP contribution >= 0.6 is 12.4 Å². The van der Waals surface area contributed by atoms with E-state index in [1.807, 2.05) is 0 Å². The number of rotatable bonds is 0. The molecule has 0 nitrogen and oxygen atoms in total. The quantitative estimate of drug-likeness (QED) is 0.300. The van der Waals surface area contributed by atoms with Gasteiger partial charge in [-0.15, -0.1) is 12.4 Å². The van der Waals surface area contributed by atoms with E-state index in [9.17, 15) is 0 Å². The topological polar surface area (TPSA) is 0 Å². The van der Waals surface area contributed by atoms with Gasteiger partial charge < -0.3 is 62.0 Å². The van der Waals surface area contributed by atoms with Gasteiger partial charge in [-0.1, -0.05) is 0 Å². The van der Waals surface area contributed by atoms with Crippen molar-refractivity contribution in [3.05, 3.63) is 0 Å². The predicted octanol–water partition coefficient (Wildman–Crippen LogP) is -20.6. The van der Waals surface area contributed by atoms with E-state index in [-0.39, 0.29) is 197 Å². The zero-order valence-corrected chi connectivity index (χ0v) is 17.9. The molecule has 9 heteroatoms. The Morgan fingerprint density at radius 2 is 0.444 bits per heavy atom. The molecule has 0 N–H and O–H groups in total. The smallest absolute Gasteiger partial charge is 1.00 e. The van der Waals surface area contributed by atoms with Crippen LogP contribution < -0.4 is 165 Å². The molecular formula is HCl6IrK2. The molecular weight excluding hydrogens is 483 g/mol. The van der Waals surface area contributed by atoms with Crippen LogP contribution in [0.15, 0.2) is 0 Å². The van der Waals surface area contributed by atoms with Crippen molar-refractivity contribution in [1.29, 1.82) is 0 Å². The molecule has 0 atom stereocenters. The summed E-state index contributed by atoms with van der Waals surface area (Å²) in [5.41, 5.74) is 0. The van der Waals surface area contributed by atoms with E-state index in [0.29, 0.717) is 0 Å². The summed E-state index contributed by atoms with van der Waals surface area (Å²) in [6.07, 6.45) is 0. The summed E-state index contributed by atoms with van der Waals surface area (Å²) in [4.78, 5) is 0. The second-order valence-electron chi connectivity index (χ2n) is 0. The van der Waals surface area contributed by atoms with Crippen LogP contribution in [0, 0.1) is 0 Å². The van der Waals surface area contributed by atoms with Crippen molar-refractivity contribution >= 4 is 12.4 Å². The summed E-state index contributed by atoms with van der Waals surface area (Å²) in [6.45, 7) is 0. The van der Waals surface area contributed by atoms with E-state index in [1.165, 1.54) is 0 Å². The summed E-state index contributed by atoms with van der Waals surface area (Å²) in [5.74, 6) is 0. The van der Waals surface area contributed by atoms with Crippen LogP contribution in [0.1, 0.15) is 0 Å². The Morgan fingerprint density at radius 3 is 0.444 bits per heavy atom. The second kappa shape index (κ2) is 68.3. The maximum atomic E-state index is 0. The van der Waals surface area contributed by atoms with Gasteiger partial charge in [-0.25, -0.2) is 0 Å². The molecule has 0 aliphatic rings. The third-order valence-corrected chi connectivity index (χ3v) is 0. The fraction of sp³-hybridized carbons (Fsp3) is 0. The normalized spacial score (nSPS) is 0. The first-order valence-electron chi connectivity index (χ1n) is 0. The average molecular weight is 484 g/mol. The zero-order valence-electron chi connectivity index (χ0n) is 4.63. The number of hydrogen-bond donors (Lipinski definition) is 0. The van der Waals surface area contributed by atoms with Gasteiger partial charge in [0.05, 0.1) is 0 Å². The second-order valence-corrected chi connectivity index (χ2v) is 0. The standard InChI is InChI=1S/6ClH.Ir.2K/h6*1H;;;/q;;;;;;+3;2*+1/p-5. The maximum absolute atomic E-state index is 0. The Labute approximate surface area is 192 Å². The molecule has 0 radical (unpaired) electrons. The van der Waals surface area contributed by atoms with Gasteiger partial charge in [0.15, 0.2) is 0 Å². The third kappa shape index (κ3) is 58.0. The van der Waals surface area contributed by atoms with E-state index in [4.69, 9.17) is 0 Å². The van der Waals surface area contributed by atoms with Crippen LogP contribution in [-0.2, 0) is 20.1 Å². The van der Waals surface area contributed by atoms with Crippen molar-refractivity contribution < 1.29 is 185 Å². The fourth-order valence-corrected chi connectivity index (χ4v) is 0. The molecule has 0 aromatic heterocycles. The molecule has 0 unspecified atom stereocenters. The fourth-order valence-electron chi connectivity index (χ4n) is 0. The molecule has 0 spiro atoms. The van der Waals surface area contributed by atoms with Crippen LogP contribution in [0.3, 0.4) is 0 Å². The molecule has 9 heavy (non-hydrogen) atoms. The zero-order chi connectivity index (χ0) is 0. The van der Waals surface area contributed by atoms with Gasteiger partial charge >= 0.3 is 123 Å². The van der Waals surface area contributed by atoms with Crippen molar-refractivity contribution in [2.24, 2.45) is 0 Å². The Hall–Kier alpha value is 5.66. The Bertz CT molecular complexity index is 11.0. The summed E-state index contributed by atoms with van der Waals surface area (Å²) in [5, 5.41) is 0. The van der Waals surface area contributed by atoms with Crippen LogP contribution in [0.2, 0.25) is 0 Å². The average Bonchev–Trinajstić information content (AvgIpc) is 0. The van der Waals surface area contributed by atoms with Crippen molar-refractivity contribution in [1.82, 2.24) is 0 Å². The van der Waals surface area contributed by atoms with Crippen LogP contribution in [0.4, 0.5) is 0 Å². The molecule has 0 saturated carbocycles. The Kier molecular flexibility index (Phi) is 648. The molecule has 0 rings (SSSR count). The number of halogens is 6. The van der Waals surface area contributed by atoms with E-state index < -0.39 is 0 Å². The molecule has 0 aliphatic carbocycles. The summed E-state index contributed by atoms with van der Waals surface area (Å²) >= 11 is 0. The number of hydrogen-bond acceptors (Lipinski definition) is 0. The molecule has 0 heterocycles. The molecule has 0 aromatic carbocycles. The van der Waals surface area contributed by atoms with Crippen molar-refractivity contribution in [2.45, 2.75) is 0 Å². The molecule has 0 bridgehead atoms. The minimum atomic E-state index is 0. The molecule has 0 amide bonds. The Balaban J connectivity index is 0. The third-order valence-electron chi connectivity index (χ3n) is 0. The first kappa shape index (κ1) is 85.4. The summed E-state index contributed by atoms with van der Waals surface area (Å²) < 4.78 is 0. The molecule has 0 aliphatic heterocycles. The van der Waals surface area contributed by atoms with Crippen LogP contribution in [0.5, 0.6) is 0 Å². The summed E-state index contributed by atoms with van der Waals surface area (Å²) in [7, 11) is 0. The molecule has 0 fully saturated rings. The monoisotopic (exact) mass is 482 g/mol. The van der Waals surface area contributed by atoms with Crippen molar-refractivity contribution in [2.75, 3.05) is 0 Å². The van der Waals surface area contributed by atoms with Crippen LogP contribution in [0.25, 0.3) is 0 Å². The minimum Gasteiger partial charge on any atom is -1.00 e. The summed E-state index contributed by atoms with van der Waals surface area (Å²) in [6, 6.07) is 0. The predicted molar refractivity (Wildman–Crippen MR) is 7.25 cm³/mol. The SMILES string of the molecule is Cl.[Cl-].[Cl-].[Cl-].[Cl-].[Cl-].[Ir+3].[K+].[K+]. The minimum absolute atomic E-state index is 0. The maximum Gasteiger partial charge on any atom is 3.00 e. The van der Waals surface area contributed by atoms with E-state index in [0.717, 1.165) is 0 Å². The molecule has 54 valence electrons. The molecule has 0 saturated heterocycles. The van der Waals surface area contributed by atoms with Crippen molar-refractivity contribution in [3.63, 3.8) is 0 Å². The largest absolute Gasteiger partial charge is 3.00 e. The van der Waals surface area contributed by atoms with Gasteiger partial charge in [0.1, 0.15) is 0 Å². The van der Waals surface area contributed by atoms with Crippen molar-refractivity contribution in [3.8, 4) is 0 Å². The van der Waals surface area contributed by atoms with Gasteiger partial charge in [0.25, 0.3) is 0 Å². The first-order chi connectivity index (χ1) is 0. The van der Waals surface area contributed by atoms with Crippen LogP contribution in [-0.4, -0.2) is 0 Å². The van der Waals surface area contributed by atoms with Gasteiger partial charge in [0, 0.05) is 0 Å². The van der Waals surface area contributed by atoms with Gasteiger partial charge in [-0.2, -0.15) is 0 Å². The Morgan fingerprint density at radius 1 is 0.444 bits per heavy atom. The van der Waals surface area contributed by atoms with Gasteiger partial charge in [0.2, 0.25) is 0 Å².